The fourth-order valence-electron chi connectivity index (χ4n) is 3.81. The van der Waals surface area contributed by atoms with Gasteiger partial charge in [-0.25, -0.2) is 9.97 Å². The summed E-state index contributed by atoms with van der Waals surface area (Å²) in [5.41, 5.74) is 1.18. The number of aromatic nitrogens is 6. The molecule has 5 aromatic rings. The van der Waals surface area contributed by atoms with Crippen molar-refractivity contribution in [3.63, 3.8) is 0 Å². The molecule has 168 valence electrons. The molecule has 0 radical (unpaired) electrons. The van der Waals surface area contributed by atoms with Crippen LogP contribution in [-0.4, -0.2) is 34.8 Å². The summed E-state index contributed by atoms with van der Waals surface area (Å²) < 4.78 is 44.0. The molecule has 0 unspecified atom stereocenters. The molecule has 8 nitrogen and oxygen atoms in total. The lowest BCUT2D eigenvalue weighted by atomic mass is 10.1. The third kappa shape index (κ3) is 3.60. The molecule has 0 aliphatic heterocycles. The highest BCUT2D eigenvalue weighted by molar-refractivity contribution is 6.10. The van der Waals surface area contributed by atoms with Crippen molar-refractivity contribution in [2.45, 2.75) is 12.7 Å². The molecule has 4 heterocycles. The Bertz CT molecular complexity index is 1490. The van der Waals surface area contributed by atoms with E-state index < -0.39 is 11.9 Å². The number of imidazole rings is 1. The van der Waals surface area contributed by atoms with Gasteiger partial charge in [-0.1, -0.05) is 0 Å². The average molecular weight is 453 g/mol. The molecular weight excluding hydrogens is 435 g/mol. The van der Waals surface area contributed by atoms with E-state index in [-0.39, 0.29) is 12.5 Å². The first kappa shape index (κ1) is 20.7. The molecule has 0 bridgehead atoms. The number of amides is 1. The molecule has 0 saturated heterocycles. The lowest BCUT2D eigenvalue weighted by Gasteiger charge is -2.10. The molecule has 1 aromatic carbocycles. The van der Waals surface area contributed by atoms with E-state index >= 15 is 0 Å². The first-order chi connectivity index (χ1) is 15.7. The molecule has 0 aliphatic rings. The van der Waals surface area contributed by atoms with E-state index in [1.54, 1.807) is 53.1 Å². The number of carbonyl (C=O) groups is 1. The van der Waals surface area contributed by atoms with Crippen LogP contribution in [0.2, 0.25) is 0 Å². The lowest BCUT2D eigenvalue weighted by Crippen LogP contribution is -2.24. The van der Waals surface area contributed by atoms with Gasteiger partial charge in [-0.3, -0.25) is 14.0 Å². The molecule has 0 spiro atoms. The van der Waals surface area contributed by atoms with Gasteiger partial charge in [0.2, 0.25) is 0 Å². The first-order valence-electron chi connectivity index (χ1n) is 9.98. The zero-order valence-corrected chi connectivity index (χ0v) is 17.6. The van der Waals surface area contributed by atoms with Crippen LogP contribution in [0.25, 0.3) is 27.6 Å². The molecule has 5 rings (SSSR count). The van der Waals surface area contributed by atoms with E-state index in [0.717, 1.165) is 22.7 Å². The molecular formula is C22H18F3N7O. The number of nitrogens with zero attached hydrogens (tertiary/aromatic N) is 6. The van der Waals surface area contributed by atoms with Crippen molar-refractivity contribution >= 4 is 27.8 Å². The molecule has 0 fully saturated rings. The highest BCUT2D eigenvalue weighted by Crippen LogP contribution is 2.33. The monoisotopic (exact) mass is 453 g/mol. The number of pyridine rings is 1. The zero-order valence-electron chi connectivity index (χ0n) is 17.6. The number of benzene rings is 1. The molecule has 33 heavy (non-hydrogen) atoms. The first-order valence-corrected chi connectivity index (χ1v) is 9.98. The quantitative estimate of drug-likeness (QED) is 0.451. The van der Waals surface area contributed by atoms with Crippen molar-refractivity contribution < 1.29 is 18.0 Å². The number of alkyl halides is 3. The second-order valence-corrected chi connectivity index (χ2v) is 7.64. The van der Waals surface area contributed by atoms with Crippen LogP contribution in [-0.2, 0) is 26.8 Å². The molecule has 11 heteroatoms. The summed E-state index contributed by atoms with van der Waals surface area (Å²) >= 11 is 0. The fourth-order valence-corrected chi connectivity index (χ4v) is 3.81. The Morgan fingerprint density at radius 3 is 2.58 bits per heavy atom. The topological polar surface area (TPSA) is 82.6 Å². The second kappa shape index (κ2) is 7.47. The highest BCUT2D eigenvalue weighted by atomic mass is 19.4. The minimum Gasteiger partial charge on any atom is -0.345 e. The number of hydrogen-bond acceptors (Lipinski definition) is 4. The maximum absolute atomic E-state index is 12.9. The number of hydrogen-bond donors (Lipinski definition) is 1. The van der Waals surface area contributed by atoms with Crippen molar-refractivity contribution in [3.8, 4) is 5.69 Å². The Morgan fingerprint density at radius 1 is 1.09 bits per heavy atom. The summed E-state index contributed by atoms with van der Waals surface area (Å²) in [4.78, 5) is 20.5. The summed E-state index contributed by atoms with van der Waals surface area (Å²) in [5.74, 6) is 0.459. The van der Waals surface area contributed by atoms with Crippen LogP contribution < -0.4 is 5.32 Å². The number of halogens is 3. The fraction of sp³-hybridized carbons (Fsp3) is 0.182. The van der Waals surface area contributed by atoms with Crippen LogP contribution in [0.15, 0.2) is 55.1 Å². The SMILES string of the molecule is Cn1cc2c3cc(C(=O)NCc4nccn4C)ccc3n(-c3ccc(C(F)(F)F)nc3)c2n1. The van der Waals surface area contributed by atoms with Gasteiger partial charge in [0, 0.05) is 49.0 Å². The molecule has 0 saturated carbocycles. The maximum atomic E-state index is 12.9. The Morgan fingerprint density at radius 2 is 1.91 bits per heavy atom. The number of fused-ring (bicyclic) bond motifs is 3. The average Bonchev–Trinajstić information content (AvgIpc) is 3.44. The van der Waals surface area contributed by atoms with Gasteiger partial charge in [0.1, 0.15) is 11.5 Å². The van der Waals surface area contributed by atoms with E-state index in [4.69, 9.17) is 0 Å². The molecule has 1 N–H and O–H groups in total. The molecule has 0 atom stereocenters. The van der Waals surface area contributed by atoms with Crippen LogP contribution in [0.1, 0.15) is 21.9 Å². The predicted molar refractivity (Wildman–Crippen MR) is 115 cm³/mol. The third-order valence-corrected chi connectivity index (χ3v) is 5.44. The normalized spacial score (nSPS) is 12.0. The standard InChI is InChI=1S/C22H18F3N7O/c1-30-8-7-26-19(30)11-28-21(33)13-3-5-17-15(9-13)16-12-31(2)29-20(16)32(17)14-4-6-18(27-10-14)22(23,24)25/h3-10,12H,11H2,1-2H3,(H,28,33). The van der Waals surface area contributed by atoms with Crippen molar-refractivity contribution in [3.05, 3.63) is 72.2 Å². The van der Waals surface area contributed by atoms with Gasteiger partial charge in [-0.15, -0.1) is 0 Å². The maximum Gasteiger partial charge on any atom is 0.433 e. The molecule has 1 amide bonds. The largest absolute Gasteiger partial charge is 0.433 e. The van der Waals surface area contributed by atoms with Gasteiger partial charge < -0.3 is 9.88 Å². The van der Waals surface area contributed by atoms with Gasteiger partial charge in [0.25, 0.3) is 5.91 Å². The van der Waals surface area contributed by atoms with E-state index in [1.165, 1.54) is 12.3 Å². The predicted octanol–water partition coefficient (Wildman–Crippen LogP) is 3.59. The van der Waals surface area contributed by atoms with Crippen LogP contribution in [0.4, 0.5) is 13.2 Å². The summed E-state index contributed by atoms with van der Waals surface area (Å²) in [6, 6.07) is 7.47. The smallest absolute Gasteiger partial charge is 0.345 e. The van der Waals surface area contributed by atoms with Gasteiger partial charge in [0.15, 0.2) is 5.65 Å². The van der Waals surface area contributed by atoms with Crippen molar-refractivity contribution in [1.29, 1.82) is 0 Å². The van der Waals surface area contributed by atoms with Crippen LogP contribution >= 0.6 is 0 Å². The van der Waals surface area contributed by atoms with Gasteiger partial charge in [-0.05, 0) is 30.3 Å². The second-order valence-electron chi connectivity index (χ2n) is 7.64. The zero-order chi connectivity index (χ0) is 23.3. The summed E-state index contributed by atoms with van der Waals surface area (Å²) in [7, 11) is 3.60. The van der Waals surface area contributed by atoms with Crippen LogP contribution in [0.3, 0.4) is 0 Å². The lowest BCUT2D eigenvalue weighted by molar-refractivity contribution is -0.141. The number of aryl methyl sites for hydroxylation is 2. The van der Waals surface area contributed by atoms with E-state index in [2.05, 4.69) is 20.4 Å². The van der Waals surface area contributed by atoms with Crippen LogP contribution in [0, 0.1) is 0 Å². The molecule has 0 aliphatic carbocycles. The Hall–Kier alpha value is -4.15. The summed E-state index contributed by atoms with van der Waals surface area (Å²) in [5, 5.41) is 8.84. The molecule has 4 aromatic heterocycles. The Kier molecular flexibility index (Phi) is 4.69. The third-order valence-electron chi connectivity index (χ3n) is 5.44. The van der Waals surface area contributed by atoms with E-state index in [0.29, 0.717) is 22.4 Å². The van der Waals surface area contributed by atoms with Crippen molar-refractivity contribution in [2.24, 2.45) is 14.1 Å². The van der Waals surface area contributed by atoms with Gasteiger partial charge in [0.05, 0.1) is 23.9 Å². The van der Waals surface area contributed by atoms with Crippen molar-refractivity contribution in [1.82, 2.24) is 34.2 Å². The Balaban J connectivity index is 1.55. The Labute approximate surface area is 185 Å². The van der Waals surface area contributed by atoms with Gasteiger partial charge in [-0.2, -0.15) is 18.3 Å². The van der Waals surface area contributed by atoms with E-state index in [1.807, 2.05) is 11.6 Å². The highest BCUT2D eigenvalue weighted by Gasteiger charge is 2.32. The van der Waals surface area contributed by atoms with Crippen molar-refractivity contribution in [2.75, 3.05) is 0 Å². The summed E-state index contributed by atoms with van der Waals surface area (Å²) in [6.45, 7) is 0.279. The number of nitrogens with one attached hydrogen (secondary N) is 1. The van der Waals surface area contributed by atoms with E-state index in [9.17, 15) is 18.0 Å². The van der Waals surface area contributed by atoms with Crippen LogP contribution in [0.5, 0.6) is 0 Å². The minimum atomic E-state index is -4.52. The minimum absolute atomic E-state index is 0.263. The number of carbonyl (C=O) groups excluding carboxylic acids is 1. The summed E-state index contributed by atoms with van der Waals surface area (Å²) in [6.07, 6.45) is 1.91. The number of rotatable bonds is 4. The van der Waals surface area contributed by atoms with Gasteiger partial charge >= 0.3 is 6.18 Å².